The molecule has 10 heteroatoms. The lowest BCUT2D eigenvalue weighted by Gasteiger charge is -1.59. The Labute approximate surface area is 91.6 Å². The second kappa shape index (κ2) is 17.5. The molecule has 0 atom stereocenters. The fraction of sp³-hybridized carbons (Fsp3) is 0. The average Bonchev–Trinajstić information content (AvgIpc) is 1.54. The monoisotopic (exact) mass is 248 g/mol. The van der Waals surface area contributed by atoms with Crippen molar-refractivity contribution in [3.05, 3.63) is 0 Å². The summed E-state index contributed by atoms with van der Waals surface area (Å²) in [5, 5.41) is -1.92. The van der Waals surface area contributed by atoms with Crippen molar-refractivity contribution in [2.24, 2.45) is 17.2 Å². The van der Waals surface area contributed by atoms with E-state index in [0.29, 0.717) is 0 Å². The fourth-order valence-electron chi connectivity index (χ4n) is 0. The van der Waals surface area contributed by atoms with Gasteiger partial charge in [0.05, 0.1) is 0 Å². The third-order valence-electron chi connectivity index (χ3n) is 0. The first-order valence-electron chi connectivity index (χ1n) is 2.15. The van der Waals surface area contributed by atoms with Gasteiger partial charge in [-0.1, -0.05) is 37.9 Å². The number of carbonyl (C=O) groups excluding carboxylic acids is 3. The zero-order chi connectivity index (χ0) is 10.7. The van der Waals surface area contributed by atoms with Crippen molar-refractivity contribution in [2.45, 2.75) is 0 Å². The third-order valence-corrected chi connectivity index (χ3v) is 0. The zero-order valence-electron chi connectivity index (χ0n) is 6.51. The van der Waals surface area contributed by atoms with Gasteiger partial charge in [-0.15, -0.1) is 0 Å². The summed E-state index contributed by atoms with van der Waals surface area (Å²) in [7, 11) is 0. The van der Waals surface area contributed by atoms with Crippen LogP contribution < -0.4 is 23.4 Å². The van der Waals surface area contributed by atoms with Gasteiger partial charge in [-0.3, -0.25) is 14.4 Å². The van der Waals surface area contributed by atoms with E-state index in [4.69, 9.17) is 14.4 Å². The Bertz CT molecular complexity index is 123. The Morgan fingerprint density at radius 3 is 0.692 bits per heavy atom. The molecule has 0 saturated carbocycles. The number of nitrogens with two attached hydrogens (primary N) is 3. The summed E-state index contributed by atoms with van der Waals surface area (Å²) >= 11 is 9.31. The molecule has 9 N–H and O–H groups in total. The lowest BCUT2D eigenvalue weighted by atomic mass is 11.5. The summed E-state index contributed by atoms with van der Waals surface area (Å²) < 4.78 is 0. The molecule has 0 unspecified atom stereocenters. The highest BCUT2D eigenvalue weighted by Gasteiger charge is 1.63. The van der Waals surface area contributed by atoms with Crippen LogP contribution in [0, 0.1) is 0 Å². The highest BCUT2D eigenvalue weighted by molar-refractivity contribution is 7.96. The Balaban J connectivity index is -0.0000000450. The van der Waals surface area contributed by atoms with Gasteiger partial charge in [0, 0.05) is 0 Å². The van der Waals surface area contributed by atoms with E-state index >= 15 is 0 Å². The summed E-state index contributed by atoms with van der Waals surface area (Å²) in [5.41, 5.74) is 13.0. The Morgan fingerprint density at radius 1 is 0.692 bits per heavy atom. The number of hydrogen-bond acceptors (Lipinski definition) is 4. The van der Waals surface area contributed by atoms with E-state index in [1.807, 2.05) is 0 Å². The van der Waals surface area contributed by atoms with Crippen LogP contribution in [0.1, 0.15) is 0 Å². The topological polar surface area (TPSA) is 164 Å². The van der Waals surface area contributed by atoms with Gasteiger partial charge in [0.1, 0.15) is 0 Å². The minimum atomic E-state index is -0.639. The van der Waals surface area contributed by atoms with Crippen LogP contribution in [0.2, 0.25) is 0 Å². The number of rotatable bonds is 0. The maximum atomic E-state index is 9.09. The highest BCUT2D eigenvalue weighted by Crippen LogP contribution is 1.61. The van der Waals surface area contributed by atoms with Gasteiger partial charge in [0.25, 0.3) is 15.7 Å². The fourth-order valence-corrected chi connectivity index (χ4v) is 0. The predicted octanol–water partition coefficient (Wildman–Crippen LogP) is 0.147. The van der Waals surface area contributed by atoms with Crippen molar-refractivity contribution in [3.63, 3.8) is 0 Å². The molecule has 0 fully saturated rings. The summed E-state index contributed by atoms with van der Waals surface area (Å²) in [6, 6.07) is 0. The second-order valence-corrected chi connectivity index (χ2v) is 2.34. The quantitative estimate of drug-likeness (QED) is 0.303. The van der Waals surface area contributed by atoms with E-state index in [2.05, 4.69) is 55.1 Å². The highest BCUT2D eigenvalue weighted by atomic mass is 32.1. The van der Waals surface area contributed by atoms with Gasteiger partial charge in [-0.05, 0) is 0 Å². The molecular weight excluding hydrogens is 236 g/mol. The van der Waals surface area contributed by atoms with Crippen molar-refractivity contribution in [1.82, 2.24) is 6.15 Å². The second-order valence-electron chi connectivity index (χ2n) is 1.01. The molecule has 0 saturated heterocycles. The third kappa shape index (κ3) is 3010. The summed E-state index contributed by atoms with van der Waals surface area (Å²) in [4.78, 5) is 27.3. The maximum absolute atomic E-state index is 9.09. The molecule has 0 bridgehead atoms. The molecule has 0 aromatic carbocycles. The molecule has 0 rings (SSSR count). The molecule has 0 radical (unpaired) electrons. The van der Waals surface area contributed by atoms with Crippen molar-refractivity contribution in [3.8, 4) is 0 Å². The van der Waals surface area contributed by atoms with Crippen molar-refractivity contribution < 1.29 is 14.4 Å². The first-order valence-corrected chi connectivity index (χ1v) is 3.49. The molecular formula is C3H12N4O3S3. The molecule has 7 nitrogen and oxygen atoms in total. The number of hydrogen-bond donors (Lipinski definition) is 7. The molecule has 3 amide bonds. The Hall–Kier alpha value is -0.580. The zero-order valence-corrected chi connectivity index (χ0v) is 9.19. The number of carbonyl (C=O) groups is 3. The van der Waals surface area contributed by atoms with Gasteiger partial charge in [0.2, 0.25) is 0 Å². The average molecular weight is 248 g/mol. The predicted molar refractivity (Wildman–Crippen MR) is 60.7 cm³/mol. The maximum Gasteiger partial charge on any atom is 0.273 e. The molecule has 0 aliphatic rings. The van der Waals surface area contributed by atoms with Crippen LogP contribution in [0.4, 0.5) is 14.4 Å². The minimum absolute atomic E-state index is 0. The van der Waals surface area contributed by atoms with E-state index in [1.165, 1.54) is 0 Å². The van der Waals surface area contributed by atoms with Crippen LogP contribution in [0.5, 0.6) is 0 Å². The van der Waals surface area contributed by atoms with Crippen LogP contribution in [-0.4, -0.2) is 15.7 Å². The molecule has 80 valence electrons. The molecule has 0 spiro atoms. The number of thiol groups is 3. The lowest BCUT2D eigenvalue weighted by molar-refractivity contribution is 0.266. The molecule has 0 aliphatic carbocycles. The Kier molecular flexibility index (Phi) is 30.7. The SMILES string of the molecule is N.NC(=O)S.NC(=O)S.NC(=O)S. The van der Waals surface area contributed by atoms with Crippen LogP contribution >= 0.6 is 37.9 Å². The molecule has 0 aromatic heterocycles. The summed E-state index contributed by atoms with van der Waals surface area (Å²) in [6.07, 6.45) is 0. The number of amides is 3. The van der Waals surface area contributed by atoms with Crippen molar-refractivity contribution in [1.29, 1.82) is 0 Å². The van der Waals surface area contributed by atoms with Crippen LogP contribution in [0.15, 0.2) is 0 Å². The smallest absolute Gasteiger partial charge is 0.273 e. The standard InChI is InChI=1S/3CH3NOS.H3N/c3*2-1(3)4;/h3*(H3,2,3,4);1H3. The Morgan fingerprint density at radius 2 is 0.692 bits per heavy atom. The minimum Gasteiger partial charge on any atom is -0.361 e. The van der Waals surface area contributed by atoms with Gasteiger partial charge < -0.3 is 23.4 Å². The molecule has 0 heterocycles. The van der Waals surface area contributed by atoms with Crippen LogP contribution in [-0.2, 0) is 0 Å². The summed E-state index contributed by atoms with van der Waals surface area (Å²) in [6.45, 7) is 0. The van der Waals surface area contributed by atoms with Crippen molar-refractivity contribution in [2.75, 3.05) is 0 Å². The largest absolute Gasteiger partial charge is 0.361 e. The summed E-state index contributed by atoms with van der Waals surface area (Å²) in [5.74, 6) is 0. The van der Waals surface area contributed by atoms with Gasteiger partial charge in [-0.2, -0.15) is 0 Å². The first-order chi connectivity index (χ1) is 5.20. The van der Waals surface area contributed by atoms with Crippen molar-refractivity contribution >= 4 is 53.6 Å². The van der Waals surface area contributed by atoms with E-state index in [-0.39, 0.29) is 6.15 Å². The van der Waals surface area contributed by atoms with E-state index in [1.54, 1.807) is 0 Å². The lowest BCUT2D eigenvalue weighted by Crippen LogP contribution is -1.95. The van der Waals surface area contributed by atoms with E-state index in [9.17, 15) is 0 Å². The van der Waals surface area contributed by atoms with Gasteiger partial charge >= 0.3 is 0 Å². The van der Waals surface area contributed by atoms with Crippen LogP contribution in [0.3, 0.4) is 0 Å². The van der Waals surface area contributed by atoms with Gasteiger partial charge in [-0.25, -0.2) is 0 Å². The number of primary amides is 3. The van der Waals surface area contributed by atoms with E-state index < -0.39 is 15.7 Å². The van der Waals surface area contributed by atoms with E-state index in [0.717, 1.165) is 0 Å². The molecule has 0 aliphatic heterocycles. The molecule has 0 aromatic rings. The molecule has 13 heavy (non-hydrogen) atoms. The van der Waals surface area contributed by atoms with Crippen LogP contribution in [0.25, 0.3) is 0 Å². The van der Waals surface area contributed by atoms with Gasteiger partial charge in [0.15, 0.2) is 0 Å². The first kappa shape index (κ1) is 22.8. The normalized spacial score (nSPS) is 5.77.